The average Bonchev–Trinajstić information content (AvgIpc) is 3.08. The van der Waals surface area contributed by atoms with E-state index in [2.05, 4.69) is 29.3 Å². The van der Waals surface area contributed by atoms with Gasteiger partial charge in [0.1, 0.15) is 18.2 Å². The summed E-state index contributed by atoms with van der Waals surface area (Å²) in [6.45, 7) is 9.09. The zero-order valence-electron chi connectivity index (χ0n) is 18.3. The molecule has 1 N–H and O–H groups in total. The number of hydrogen-bond acceptors (Lipinski definition) is 4. The lowest BCUT2D eigenvalue weighted by Gasteiger charge is -2.26. The van der Waals surface area contributed by atoms with Crippen LogP contribution in [0.4, 0.5) is 5.82 Å². The van der Waals surface area contributed by atoms with Gasteiger partial charge >= 0.3 is 0 Å². The molecule has 1 aromatic carbocycles. The highest BCUT2D eigenvalue weighted by Crippen LogP contribution is 2.40. The third kappa shape index (κ3) is 4.69. The maximum atomic E-state index is 12.5. The molecule has 2 aliphatic rings. The van der Waals surface area contributed by atoms with Crippen LogP contribution in [-0.2, 0) is 11.3 Å². The zero-order valence-corrected chi connectivity index (χ0v) is 18.3. The van der Waals surface area contributed by atoms with Crippen molar-refractivity contribution >= 4 is 11.7 Å². The Morgan fingerprint density at radius 1 is 1.20 bits per heavy atom. The summed E-state index contributed by atoms with van der Waals surface area (Å²) in [6.07, 6.45) is 6.55. The van der Waals surface area contributed by atoms with Gasteiger partial charge in [-0.2, -0.15) is 5.10 Å². The lowest BCUT2D eigenvalue weighted by Crippen LogP contribution is -2.33. The number of anilines is 1. The van der Waals surface area contributed by atoms with E-state index in [4.69, 9.17) is 9.84 Å². The molecule has 2 aliphatic heterocycles. The number of rotatable bonds is 8. The summed E-state index contributed by atoms with van der Waals surface area (Å²) >= 11 is 0. The fourth-order valence-electron chi connectivity index (χ4n) is 4.67. The van der Waals surface area contributed by atoms with Crippen molar-refractivity contribution in [2.75, 3.05) is 31.6 Å². The first-order valence-corrected chi connectivity index (χ1v) is 11.5. The fourth-order valence-corrected chi connectivity index (χ4v) is 4.67. The highest BCUT2D eigenvalue weighted by Gasteiger charge is 2.32. The van der Waals surface area contributed by atoms with Crippen LogP contribution in [0.3, 0.4) is 0 Å². The van der Waals surface area contributed by atoms with Crippen LogP contribution in [-0.4, -0.2) is 46.8 Å². The van der Waals surface area contributed by atoms with Crippen molar-refractivity contribution in [1.29, 1.82) is 0 Å². The van der Waals surface area contributed by atoms with Crippen LogP contribution < -0.4 is 10.1 Å². The number of benzene rings is 1. The summed E-state index contributed by atoms with van der Waals surface area (Å²) in [5, 5.41) is 7.80. The molecule has 0 saturated carbocycles. The first-order chi connectivity index (χ1) is 14.7. The number of unbranched alkanes of at least 4 members (excludes halogenated alkanes) is 1. The molecule has 30 heavy (non-hydrogen) atoms. The smallest absolute Gasteiger partial charge is 0.226 e. The molecule has 1 aromatic heterocycles. The van der Waals surface area contributed by atoms with Crippen LogP contribution in [0.1, 0.15) is 68.2 Å². The molecule has 3 heterocycles. The van der Waals surface area contributed by atoms with Gasteiger partial charge in [-0.25, -0.2) is 4.68 Å². The Kier molecular flexibility index (Phi) is 6.72. The lowest BCUT2D eigenvalue weighted by atomic mass is 9.86. The van der Waals surface area contributed by atoms with Crippen molar-refractivity contribution in [1.82, 2.24) is 14.7 Å². The summed E-state index contributed by atoms with van der Waals surface area (Å²) in [6, 6.07) is 8.26. The summed E-state index contributed by atoms with van der Waals surface area (Å²) in [4.78, 5) is 15.0. The number of hydrogen-bond donors (Lipinski definition) is 1. The predicted molar refractivity (Wildman–Crippen MR) is 119 cm³/mol. The molecule has 0 spiro atoms. The first-order valence-electron chi connectivity index (χ1n) is 11.5. The van der Waals surface area contributed by atoms with Gasteiger partial charge < -0.3 is 10.1 Å². The number of fused-ring (bicyclic) bond motifs is 1. The molecule has 0 aliphatic carbocycles. The molecule has 6 heteroatoms. The molecule has 1 fully saturated rings. The van der Waals surface area contributed by atoms with E-state index in [9.17, 15) is 4.79 Å². The zero-order chi connectivity index (χ0) is 20.9. The molecule has 0 bridgehead atoms. The Bertz CT molecular complexity index is 870. The van der Waals surface area contributed by atoms with Crippen LogP contribution in [0.2, 0.25) is 0 Å². The Morgan fingerprint density at radius 2 is 2.03 bits per heavy atom. The number of carbonyl (C=O) groups is 1. The molecule has 6 nitrogen and oxygen atoms in total. The molecule has 1 saturated heterocycles. The molecular weight excluding hydrogens is 376 g/mol. The van der Waals surface area contributed by atoms with Gasteiger partial charge in [0.2, 0.25) is 5.91 Å². The summed E-state index contributed by atoms with van der Waals surface area (Å²) < 4.78 is 8.05. The third-order valence-corrected chi connectivity index (χ3v) is 6.28. The van der Waals surface area contributed by atoms with Crippen molar-refractivity contribution in [3.63, 3.8) is 0 Å². The van der Waals surface area contributed by atoms with Crippen LogP contribution in [0, 0.1) is 6.92 Å². The van der Waals surface area contributed by atoms with E-state index in [0.717, 1.165) is 54.3 Å². The number of carbonyl (C=O) groups excluding carboxylic acids is 1. The number of aromatic nitrogens is 2. The van der Waals surface area contributed by atoms with Gasteiger partial charge in [0.15, 0.2) is 0 Å². The molecule has 1 amide bonds. The highest BCUT2D eigenvalue weighted by atomic mass is 16.5. The Morgan fingerprint density at radius 3 is 2.83 bits per heavy atom. The number of nitrogens with one attached hydrogen (secondary N) is 1. The van der Waals surface area contributed by atoms with E-state index < -0.39 is 0 Å². The average molecular weight is 411 g/mol. The van der Waals surface area contributed by atoms with Crippen molar-refractivity contribution in [2.24, 2.45) is 0 Å². The van der Waals surface area contributed by atoms with E-state index in [1.807, 2.05) is 23.7 Å². The van der Waals surface area contributed by atoms with Crippen molar-refractivity contribution in [3.05, 3.63) is 41.1 Å². The summed E-state index contributed by atoms with van der Waals surface area (Å²) in [7, 11) is 0. The topological polar surface area (TPSA) is 59.4 Å². The first kappa shape index (κ1) is 20.9. The van der Waals surface area contributed by atoms with Gasteiger partial charge in [-0.1, -0.05) is 31.9 Å². The van der Waals surface area contributed by atoms with Gasteiger partial charge in [-0.05, 0) is 57.0 Å². The van der Waals surface area contributed by atoms with Gasteiger partial charge in [0.05, 0.1) is 5.69 Å². The maximum absolute atomic E-state index is 12.5. The van der Waals surface area contributed by atoms with Gasteiger partial charge in [-0.15, -0.1) is 0 Å². The summed E-state index contributed by atoms with van der Waals surface area (Å²) in [5.41, 5.74) is 3.28. The Balaban J connectivity index is 1.49. The standard InChI is InChI=1S/C24H34N4O2/c1-3-4-13-28-24-23(18(2)26-28)21(17-22(29)25-24)19-9-8-10-20(16-19)30-15-14-27-11-6-5-7-12-27/h8-10,16,21H,3-7,11-15,17H2,1-2H3,(H,25,29). The lowest BCUT2D eigenvalue weighted by molar-refractivity contribution is -0.116. The molecule has 2 aromatic rings. The second kappa shape index (κ2) is 9.65. The number of ether oxygens (including phenoxy) is 1. The number of likely N-dealkylation sites (tertiary alicyclic amines) is 1. The van der Waals surface area contributed by atoms with E-state index in [0.29, 0.717) is 13.0 Å². The predicted octanol–water partition coefficient (Wildman–Crippen LogP) is 4.33. The van der Waals surface area contributed by atoms with Gasteiger partial charge in [-0.3, -0.25) is 9.69 Å². The molecule has 0 radical (unpaired) electrons. The molecular formula is C24H34N4O2. The Labute approximate surface area is 179 Å². The van der Waals surface area contributed by atoms with Crippen LogP contribution in [0.15, 0.2) is 24.3 Å². The molecule has 162 valence electrons. The van der Waals surface area contributed by atoms with Crippen molar-refractivity contribution in [2.45, 2.75) is 64.8 Å². The van der Waals surface area contributed by atoms with Gasteiger partial charge in [0, 0.05) is 31.0 Å². The minimum atomic E-state index is 0.0229. The van der Waals surface area contributed by atoms with Crippen molar-refractivity contribution < 1.29 is 9.53 Å². The largest absolute Gasteiger partial charge is 0.492 e. The van der Waals surface area contributed by atoms with Crippen molar-refractivity contribution in [3.8, 4) is 5.75 Å². The highest BCUT2D eigenvalue weighted by molar-refractivity contribution is 5.94. The SMILES string of the molecule is CCCCn1nc(C)c2c1NC(=O)CC2c1cccc(OCCN2CCCCC2)c1. The van der Waals surface area contributed by atoms with E-state index in [-0.39, 0.29) is 11.8 Å². The monoisotopic (exact) mass is 410 g/mol. The third-order valence-electron chi connectivity index (χ3n) is 6.28. The number of amides is 1. The molecule has 4 rings (SSSR count). The fraction of sp³-hybridized carbons (Fsp3) is 0.583. The Hall–Kier alpha value is -2.34. The normalized spacial score (nSPS) is 19.4. The van der Waals surface area contributed by atoms with Crippen LogP contribution in [0.5, 0.6) is 5.75 Å². The second-order valence-corrected chi connectivity index (χ2v) is 8.55. The molecule has 1 atom stereocenters. The van der Waals surface area contributed by atoms with Crippen LogP contribution in [0.25, 0.3) is 0 Å². The van der Waals surface area contributed by atoms with E-state index in [1.165, 1.54) is 32.4 Å². The number of aryl methyl sites for hydroxylation is 2. The van der Waals surface area contributed by atoms with Crippen LogP contribution >= 0.6 is 0 Å². The quantitative estimate of drug-likeness (QED) is 0.704. The number of nitrogens with zero attached hydrogens (tertiary/aromatic N) is 3. The maximum Gasteiger partial charge on any atom is 0.226 e. The van der Waals surface area contributed by atoms with Gasteiger partial charge in [0.25, 0.3) is 0 Å². The molecule has 1 unspecified atom stereocenters. The van der Waals surface area contributed by atoms with E-state index >= 15 is 0 Å². The minimum Gasteiger partial charge on any atom is -0.492 e. The summed E-state index contributed by atoms with van der Waals surface area (Å²) in [5.74, 6) is 1.84. The minimum absolute atomic E-state index is 0.0229. The van der Waals surface area contributed by atoms with E-state index in [1.54, 1.807) is 0 Å². The number of piperidine rings is 1. The second-order valence-electron chi connectivity index (χ2n) is 8.55.